The van der Waals surface area contributed by atoms with Crippen LogP contribution < -0.4 is 0 Å². The van der Waals surface area contributed by atoms with Crippen LogP contribution in [0.2, 0.25) is 0 Å². The van der Waals surface area contributed by atoms with Crippen molar-refractivity contribution in [2.24, 2.45) is 0 Å². The van der Waals surface area contributed by atoms with Gasteiger partial charge in [-0.05, 0) is 31.9 Å². The molecule has 0 bridgehead atoms. The first-order valence-corrected chi connectivity index (χ1v) is 8.83. The number of alkyl halides is 1. The van der Waals surface area contributed by atoms with Crippen molar-refractivity contribution in [3.8, 4) is 0 Å². The van der Waals surface area contributed by atoms with Crippen LogP contribution in [-0.4, -0.2) is 34.5 Å². The van der Waals surface area contributed by atoms with Gasteiger partial charge in [0, 0.05) is 6.20 Å². The molecule has 1 aliphatic rings. The molecule has 3 rings (SSSR count). The second-order valence-electron chi connectivity index (χ2n) is 5.31. The molecule has 2 aromatic heterocycles. The van der Waals surface area contributed by atoms with Gasteiger partial charge in [0.05, 0.1) is 22.9 Å². The molecular weight excluding hydrogens is 298 g/mol. The minimum Gasteiger partial charge on any atom is -0.307 e. The van der Waals surface area contributed by atoms with Gasteiger partial charge in [-0.1, -0.05) is 0 Å². The quantitative estimate of drug-likeness (QED) is 0.799. The first-order chi connectivity index (χ1) is 9.39. The standard InChI is InChI=1S/C13H16ClN3O2S/c1-8-3-5-15-13-11(8)16-12(9(2)14)17(13)10-4-6-20(18,19)7-10/h3,5,9-10H,4,6-7H2,1-2H3. The molecule has 7 heteroatoms. The number of imidazole rings is 1. The molecule has 0 N–H and O–H groups in total. The van der Waals surface area contributed by atoms with Gasteiger partial charge in [-0.3, -0.25) is 0 Å². The van der Waals surface area contributed by atoms with Crippen LogP contribution in [0.5, 0.6) is 0 Å². The van der Waals surface area contributed by atoms with Gasteiger partial charge in [-0.25, -0.2) is 18.4 Å². The lowest BCUT2D eigenvalue weighted by molar-refractivity contribution is 0.542. The molecule has 0 saturated carbocycles. The van der Waals surface area contributed by atoms with Gasteiger partial charge in [-0.2, -0.15) is 0 Å². The van der Waals surface area contributed by atoms with E-state index < -0.39 is 9.84 Å². The average molecular weight is 314 g/mol. The molecule has 0 aliphatic carbocycles. The molecule has 2 atom stereocenters. The fraction of sp³-hybridized carbons (Fsp3) is 0.538. The van der Waals surface area contributed by atoms with Crippen molar-refractivity contribution in [2.45, 2.75) is 31.7 Å². The third-order valence-electron chi connectivity index (χ3n) is 3.74. The maximum Gasteiger partial charge on any atom is 0.160 e. The van der Waals surface area contributed by atoms with E-state index in [1.165, 1.54) is 0 Å². The lowest BCUT2D eigenvalue weighted by Gasteiger charge is -2.15. The number of aryl methyl sites for hydroxylation is 1. The normalized spacial score (nSPS) is 23.2. The zero-order valence-electron chi connectivity index (χ0n) is 11.4. The highest BCUT2D eigenvalue weighted by molar-refractivity contribution is 7.91. The summed E-state index contributed by atoms with van der Waals surface area (Å²) in [7, 11) is -2.96. The number of hydrogen-bond donors (Lipinski definition) is 0. The Kier molecular flexibility index (Phi) is 3.25. The fourth-order valence-corrected chi connectivity index (χ4v) is 4.60. The highest BCUT2D eigenvalue weighted by Gasteiger charge is 2.33. The van der Waals surface area contributed by atoms with E-state index in [2.05, 4.69) is 9.97 Å². The third kappa shape index (κ3) is 2.20. The molecule has 5 nitrogen and oxygen atoms in total. The lowest BCUT2D eigenvalue weighted by atomic mass is 10.2. The van der Waals surface area contributed by atoms with Crippen molar-refractivity contribution in [1.82, 2.24) is 14.5 Å². The Balaban J connectivity index is 2.23. The highest BCUT2D eigenvalue weighted by atomic mass is 35.5. The Morgan fingerprint density at radius 1 is 1.50 bits per heavy atom. The molecule has 1 fully saturated rings. The molecule has 0 radical (unpaired) electrons. The average Bonchev–Trinajstić information content (AvgIpc) is 2.90. The zero-order valence-corrected chi connectivity index (χ0v) is 12.9. The van der Waals surface area contributed by atoms with Gasteiger partial charge in [-0.15, -0.1) is 11.6 Å². The van der Waals surface area contributed by atoms with Crippen LogP contribution in [0.3, 0.4) is 0 Å². The third-order valence-corrected chi connectivity index (χ3v) is 5.68. The predicted molar refractivity (Wildman–Crippen MR) is 78.8 cm³/mol. The molecule has 1 saturated heterocycles. The van der Waals surface area contributed by atoms with Crippen LogP contribution in [0, 0.1) is 6.92 Å². The van der Waals surface area contributed by atoms with E-state index in [0.29, 0.717) is 12.2 Å². The van der Waals surface area contributed by atoms with E-state index in [9.17, 15) is 8.42 Å². The minimum atomic E-state index is -2.96. The molecule has 1 aliphatic heterocycles. The number of sulfone groups is 1. The zero-order chi connectivity index (χ0) is 14.5. The highest BCUT2D eigenvalue weighted by Crippen LogP contribution is 2.33. The molecule has 0 spiro atoms. The molecule has 2 unspecified atom stereocenters. The Hall–Kier alpha value is -1.14. The van der Waals surface area contributed by atoms with Gasteiger partial charge >= 0.3 is 0 Å². The van der Waals surface area contributed by atoms with Gasteiger partial charge < -0.3 is 4.57 Å². The minimum absolute atomic E-state index is 0.115. The van der Waals surface area contributed by atoms with Gasteiger partial charge in [0.2, 0.25) is 0 Å². The van der Waals surface area contributed by atoms with Crippen LogP contribution in [0.1, 0.15) is 36.2 Å². The summed E-state index contributed by atoms with van der Waals surface area (Å²) < 4.78 is 25.4. The smallest absolute Gasteiger partial charge is 0.160 e. The van der Waals surface area contributed by atoms with Crippen molar-refractivity contribution in [3.63, 3.8) is 0 Å². The second-order valence-corrected chi connectivity index (χ2v) is 8.20. The molecular formula is C13H16ClN3O2S. The summed E-state index contributed by atoms with van der Waals surface area (Å²) in [6, 6.07) is 1.78. The van der Waals surface area contributed by atoms with Gasteiger partial charge in [0.1, 0.15) is 11.3 Å². The maximum absolute atomic E-state index is 11.7. The largest absolute Gasteiger partial charge is 0.307 e. The van der Waals surface area contributed by atoms with Crippen LogP contribution in [0.4, 0.5) is 0 Å². The van der Waals surface area contributed by atoms with Crippen molar-refractivity contribution in [1.29, 1.82) is 0 Å². The van der Waals surface area contributed by atoms with Crippen LogP contribution >= 0.6 is 11.6 Å². The van der Waals surface area contributed by atoms with E-state index in [1.54, 1.807) is 6.20 Å². The fourth-order valence-electron chi connectivity index (χ4n) is 2.75. The molecule has 20 heavy (non-hydrogen) atoms. The number of fused-ring (bicyclic) bond motifs is 1. The van der Waals surface area contributed by atoms with Crippen LogP contribution in [0.15, 0.2) is 12.3 Å². The molecule has 2 aromatic rings. The van der Waals surface area contributed by atoms with Crippen molar-refractivity contribution in [2.75, 3.05) is 11.5 Å². The van der Waals surface area contributed by atoms with E-state index in [-0.39, 0.29) is 22.9 Å². The van der Waals surface area contributed by atoms with Crippen molar-refractivity contribution < 1.29 is 8.42 Å². The number of aromatic nitrogens is 3. The van der Waals surface area contributed by atoms with Crippen LogP contribution in [-0.2, 0) is 9.84 Å². The summed E-state index contributed by atoms with van der Waals surface area (Å²) in [4.78, 5) is 8.96. The molecule has 0 aromatic carbocycles. The summed E-state index contributed by atoms with van der Waals surface area (Å²) in [6.45, 7) is 3.81. The molecule has 0 amide bonds. The van der Waals surface area contributed by atoms with Crippen molar-refractivity contribution in [3.05, 3.63) is 23.7 Å². The Morgan fingerprint density at radius 2 is 2.25 bits per heavy atom. The maximum atomic E-state index is 11.7. The van der Waals surface area contributed by atoms with E-state index in [1.807, 2.05) is 24.5 Å². The van der Waals surface area contributed by atoms with E-state index in [0.717, 1.165) is 16.7 Å². The number of nitrogens with zero attached hydrogens (tertiary/aromatic N) is 3. The Bertz CT molecular complexity index is 767. The number of halogens is 1. The topological polar surface area (TPSA) is 64.8 Å². The number of rotatable bonds is 2. The number of hydrogen-bond acceptors (Lipinski definition) is 4. The Labute approximate surface area is 122 Å². The molecule has 108 valence electrons. The summed E-state index contributed by atoms with van der Waals surface area (Å²) in [6.07, 6.45) is 2.32. The van der Waals surface area contributed by atoms with Gasteiger partial charge in [0.15, 0.2) is 15.5 Å². The monoisotopic (exact) mass is 313 g/mol. The van der Waals surface area contributed by atoms with E-state index in [4.69, 9.17) is 11.6 Å². The Morgan fingerprint density at radius 3 is 2.85 bits per heavy atom. The second kappa shape index (κ2) is 4.70. The SMILES string of the molecule is Cc1ccnc2c1nc(C(C)Cl)n2C1CCS(=O)(=O)C1. The van der Waals surface area contributed by atoms with Gasteiger partial charge in [0.25, 0.3) is 0 Å². The molecule has 3 heterocycles. The van der Waals surface area contributed by atoms with E-state index >= 15 is 0 Å². The first-order valence-electron chi connectivity index (χ1n) is 6.57. The van der Waals surface area contributed by atoms with Crippen molar-refractivity contribution >= 4 is 32.6 Å². The summed E-state index contributed by atoms with van der Waals surface area (Å²) in [5.41, 5.74) is 2.56. The summed E-state index contributed by atoms with van der Waals surface area (Å²) in [5.74, 6) is 1.06. The summed E-state index contributed by atoms with van der Waals surface area (Å²) >= 11 is 6.22. The van der Waals surface area contributed by atoms with Crippen LogP contribution in [0.25, 0.3) is 11.2 Å². The lowest BCUT2D eigenvalue weighted by Crippen LogP contribution is -2.14. The first kappa shape index (κ1) is 13.8. The predicted octanol–water partition coefficient (Wildman–Crippen LogP) is 2.40. The summed E-state index contributed by atoms with van der Waals surface area (Å²) in [5, 5.41) is -0.285. The number of pyridine rings is 1.